The highest BCUT2D eigenvalue weighted by molar-refractivity contribution is 5.65. The van der Waals surface area contributed by atoms with Gasteiger partial charge in [0.2, 0.25) is 0 Å². The van der Waals surface area contributed by atoms with E-state index < -0.39 is 12.6 Å². The number of rotatable bonds is 13. The number of benzene rings is 4. The van der Waals surface area contributed by atoms with E-state index in [9.17, 15) is 13.2 Å². The fraction of sp³-hybridized carbons (Fsp3) is 0.614. The van der Waals surface area contributed by atoms with Crippen molar-refractivity contribution >= 4 is 18.6 Å². The Kier molecular flexibility index (Phi) is 27.7. The zero-order chi connectivity index (χ0) is 64.1. The molecule has 10 aliphatic heterocycles. The average molecular weight is 1260 g/mol. The van der Waals surface area contributed by atoms with Crippen molar-refractivity contribution in [2.45, 2.75) is 129 Å². The minimum atomic E-state index is -4.05. The number of ether oxygens (including phenoxy) is 2. The van der Waals surface area contributed by atoms with Crippen molar-refractivity contribution in [2.75, 3.05) is 105 Å². The standard InChI is InChI=1S/C14H19N3.C12H16N2O.C11H14N2.C10H12N2.C9H15F3N2.C7H13N3.C7H12N2O/c1-2-4-13(5-3-1)10-17-8-6-14(7-9-17)11-15-16-12-14;1-12(8-13-14-9-12)10-15-7-11-5-3-2-4-6-11;1-2-9-8-12-13-11(9)10-6-4-3-5-7-10;1-8-7-11-12-10(8)9-5-3-2-4-6-9;1-2-3-8(6-13-14-7-8)4-5-9(10,11)12;1-10-3-2-7-6(5-10)4-8-9-7;1-3-10-4-2-7(1)5-8-9-6-7/h1-5H,6-12H2;2-6H,7-10H2,1H3;3-9,11,13H,2H2,1H3;2-8,10,12H,1H3;2-7H2,1H3;4,6-7,9H,2-3,5H2,1H3;1-6H2. The number of nitrogens with one attached hydrogen (secondary N) is 3. The summed E-state index contributed by atoms with van der Waals surface area (Å²) in [6, 6.07) is 43.2. The zero-order valence-electron chi connectivity index (χ0n) is 54.6. The lowest BCUT2D eigenvalue weighted by Gasteiger charge is -2.37. The van der Waals surface area contributed by atoms with Crippen molar-refractivity contribution in [3.05, 3.63) is 144 Å². The van der Waals surface area contributed by atoms with Gasteiger partial charge in [-0.1, -0.05) is 155 Å². The normalized spacial score (nSPS) is 25.3. The van der Waals surface area contributed by atoms with E-state index in [-0.39, 0.29) is 17.3 Å². The number of nitrogens with zero attached hydrogens (tertiary/aromatic N) is 13. The van der Waals surface area contributed by atoms with E-state index in [4.69, 9.17) is 9.47 Å². The predicted molar refractivity (Wildman–Crippen MR) is 357 cm³/mol. The Morgan fingerprint density at radius 2 is 1.09 bits per heavy atom. The van der Waals surface area contributed by atoms with Gasteiger partial charge in [-0.3, -0.25) is 4.90 Å². The lowest BCUT2D eigenvalue weighted by atomic mass is 9.79. The van der Waals surface area contributed by atoms with Gasteiger partial charge in [0, 0.05) is 90.8 Å². The average Bonchev–Trinajstić information content (AvgIpc) is 2.90. The van der Waals surface area contributed by atoms with Crippen molar-refractivity contribution in [2.24, 2.45) is 95.6 Å². The molecular weight excluding hydrogens is 1150 g/mol. The van der Waals surface area contributed by atoms with Crippen molar-refractivity contribution in [3.63, 3.8) is 0 Å². The summed E-state index contributed by atoms with van der Waals surface area (Å²) in [5.74, 6) is 1.70. The second-order valence-electron chi connectivity index (χ2n) is 26.7. The molecule has 21 heteroatoms. The van der Waals surface area contributed by atoms with Crippen LogP contribution in [0.5, 0.6) is 0 Å². The van der Waals surface area contributed by atoms with Crippen LogP contribution in [0.1, 0.15) is 126 Å². The molecule has 3 fully saturated rings. The highest BCUT2D eigenvalue weighted by atomic mass is 19.4. The summed E-state index contributed by atoms with van der Waals surface area (Å²) < 4.78 is 47.1. The Morgan fingerprint density at radius 3 is 1.64 bits per heavy atom. The summed E-state index contributed by atoms with van der Waals surface area (Å²) in [5.41, 5.74) is 15.3. The highest BCUT2D eigenvalue weighted by Gasteiger charge is 2.39. The Morgan fingerprint density at radius 1 is 0.582 bits per heavy atom. The number of alkyl halides is 3. The zero-order valence-corrected chi connectivity index (χ0v) is 54.6. The predicted octanol–water partition coefficient (Wildman–Crippen LogP) is 14.4. The summed E-state index contributed by atoms with van der Waals surface area (Å²) in [5, 5.41) is 44.3. The highest BCUT2D eigenvalue weighted by Crippen LogP contribution is 2.39. The van der Waals surface area contributed by atoms with E-state index in [1.54, 1.807) is 0 Å². The van der Waals surface area contributed by atoms with Gasteiger partial charge < -0.3 is 30.7 Å². The molecule has 3 saturated heterocycles. The van der Waals surface area contributed by atoms with E-state index in [0.717, 1.165) is 97.7 Å². The number of likely N-dealkylation sites (tertiary alicyclic amines) is 2. The molecule has 2 spiro atoms. The molecule has 0 aromatic heterocycles. The number of hydrogen-bond donors (Lipinski definition) is 3. The molecule has 4 aromatic carbocycles. The first-order valence-corrected chi connectivity index (χ1v) is 33.2. The lowest BCUT2D eigenvalue weighted by Crippen LogP contribution is -2.43. The topological polar surface area (TPSA) is 197 Å². The Bertz CT molecular complexity index is 2870. The van der Waals surface area contributed by atoms with E-state index in [1.165, 1.54) is 67.7 Å². The van der Waals surface area contributed by atoms with E-state index >= 15 is 0 Å². The van der Waals surface area contributed by atoms with Crippen molar-refractivity contribution < 1.29 is 22.6 Å². The maximum atomic E-state index is 12.1. The summed E-state index contributed by atoms with van der Waals surface area (Å²) in [4.78, 5) is 4.92. The van der Waals surface area contributed by atoms with Crippen molar-refractivity contribution in [3.8, 4) is 0 Å². The van der Waals surface area contributed by atoms with Crippen LogP contribution in [0.25, 0.3) is 0 Å². The van der Waals surface area contributed by atoms with Gasteiger partial charge in [0.25, 0.3) is 0 Å². The molecule has 0 aliphatic carbocycles. The van der Waals surface area contributed by atoms with E-state index in [1.807, 2.05) is 55.9 Å². The number of hydrazone groups is 3. The molecule has 0 bridgehead atoms. The van der Waals surface area contributed by atoms with Gasteiger partial charge in [0.15, 0.2) is 0 Å². The summed E-state index contributed by atoms with van der Waals surface area (Å²) in [6.45, 7) is 23.9. The molecule has 91 heavy (non-hydrogen) atoms. The molecule has 18 nitrogen and oxygen atoms in total. The third-order valence-corrected chi connectivity index (χ3v) is 18.9. The molecule has 0 radical (unpaired) electrons. The molecule has 10 aliphatic rings. The van der Waals surface area contributed by atoms with Gasteiger partial charge in [-0.05, 0) is 100 Å². The first-order chi connectivity index (χ1) is 44.2. The second-order valence-corrected chi connectivity index (χ2v) is 26.7. The summed E-state index contributed by atoms with van der Waals surface area (Å²) in [7, 11) is 2.17. The molecule has 14 rings (SSSR count). The molecule has 6 unspecified atom stereocenters. The van der Waals surface area contributed by atoms with Crippen LogP contribution in [-0.2, 0) is 22.6 Å². The number of azo groups is 4. The third kappa shape index (κ3) is 23.1. The number of fused-ring (bicyclic) bond motifs is 1. The van der Waals surface area contributed by atoms with Crippen LogP contribution >= 0.6 is 0 Å². The first-order valence-electron chi connectivity index (χ1n) is 33.2. The van der Waals surface area contributed by atoms with Gasteiger partial charge in [-0.15, -0.1) is 0 Å². The molecular formula is C70H101F3N16O2. The molecule has 6 atom stereocenters. The maximum absolute atomic E-state index is 12.1. The molecule has 0 saturated carbocycles. The molecule has 4 aromatic rings. The van der Waals surface area contributed by atoms with Gasteiger partial charge >= 0.3 is 6.18 Å². The van der Waals surface area contributed by atoms with Gasteiger partial charge in [-0.2, -0.15) is 69.4 Å². The first kappa shape index (κ1) is 70.2. The van der Waals surface area contributed by atoms with Crippen molar-refractivity contribution in [1.29, 1.82) is 0 Å². The summed E-state index contributed by atoms with van der Waals surface area (Å²) >= 11 is 0. The smallest absolute Gasteiger partial charge is 0.381 e. The molecule has 3 N–H and O–H groups in total. The largest absolute Gasteiger partial charge is 0.389 e. The number of halogens is 3. The van der Waals surface area contributed by atoms with Crippen LogP contribution < -0.4 is 16.3 Å². The van der Waals surface area contributed by atoms with E-state index in [2.05, 4.69) is 201 Å². The summed E-state index contributed by atoms with van der Waals surface area (Å²) in [6.07, 6.45) is 10.3. The van der Waals surface area contributed by atoms with Crippen LogP contribution in [0, 0.1) is 39.4 Å². The monoisotopic (exact) mass is 1250 g/mol. The minimum Gasteiger partial charge on any atom is -0.381 e. The van der Waals surface area contributed by atoms with Crippen LogP contribution in [0.2, 0.25) is 0 Å². The van der Waals surface area contributed by atoms with E-state index in [0.29, 0.717) is 66.4 Å². The maximum Gasteiger partial charge on any atom is 0.389 e. The Hall–Kier alpha value is -6.68. The van der Waals surface area contributed by atoms with Gasteiger partial charge in [0.1, 0.15) is 0 Å². The molecule has 0 amide bonds. The SMILES string of the molecule is C1CC2(CCO1)CN=NC2.CC1(COCc2ccccc2)CN=NC1.CC1C=NNC1c1ccccc1.CCC1C=NNC1c1ccccc1.CCCC1(CCC(F)(F)F)CN=NC1.CN1CCC2NN=CC2C1.c1ccc(CN2CCC3(CC2)CN=NC3)cc1. The molecule has 494 valence electrons. The fourth-order valence-corrected chi connectivity index (χ4v) is 12.7. The quantitative estimate of drug-likeness (QED) is 0.118. The van der Waals surface area contributed by atoms with Crippen molar-refractivity contribution in [1.82, 2.24) is 26.1 Å². The number of hydrogen-bond acceptors (Lipinski definition) is 18. The Labute approximate surface area is 539 Å². The van der Waals surface area contributed by atoms with Crippen LogP contribution in [-0.4, -0.2) is 146 Å². The second kappa shape index (κ2) is 36.0. The third-order valence-electron chi connectivity index (χ3n) is 18.9. The minimum absolute atomic E-state index is 0.120. The Balaban J connectivity index is 0.000000138. The molecule has 10 heterocycles. The van der Waals surface area contributed by atoms with Gasteiger partial charge in [0.05, 0.1) is 83.7 Å². The van der Waals surface area contributed by atoms with Crippen LogP contribution in [0.4, 0.5) is 13.2 Å². The number of piperidine rings is 2. The van der Waals surface area contributed by atoms with Crippen LogP contribution in [0.3, 0.4) is 0 Å². The van der Waals surface area contributed by atoms with Gasteiger partial charge in [-0.25, -0.2) is 0 Å². The van der Waals surface area contributed by atoms with Crippen LogP contribution in [0.15, 0.2) is 178 Å². The fourth-order valence-electron chi connectivity index (χ4n) is 12.7. The lowest BCUT2D eigenvalue weighted by molar-refractivity contribution is -0.140.